The van der Waals surface area contributed by atoms with Gasteiger partial charge < -0.3 is 9.73 Å². The van der Waals surface area contributed by atoms with Crippen LogP contribution in [0.2, 0.25) is 0 Å². The lowest BCUT2D eigenvalue weighted by Gasteiger charge is -2.13. The second-order valence-electron chi connectivity index (χ2n) is 4.13. The van der Waals surface area contributed by atoms with Gasteiger partial charge in [0.1, 0.15) is 5.58 Å². The van der Waals surface area contributed by atoms with E-state index in [4.69, 9.17) is 9.68 Å². The Morgan fingerprint density at radius 1 is 1.35 bits per heavy atom. The van der Waals surface area contributed by atoms with E-state index in [9.17, 15) is 0 Å². The van der Waals surface area contributed by atoms with E-state index in [0.717, 1.165) is 36.0 Å². The van der Waals surface area contributed by atoms with Crippen molar-refractivity contribution in [3.05, 3.63) is 41.7 Å². The summed E-state index contributed by atoms with van der Waals surface area (Å²) >= 11 is 0. The van der Waals surface area contributed by atoms with Gasteiger partial charge in [-0.2, -0.15) is 5.26 Å². The molecule has 0 saturated carbocycles. The van der Waals surface area contributed by atoms with Crippen molar-refractivity contribution in [3.63, 3.8) is 0 Å². The molecule has 0 atom stereocenters. The summed E-state index contributed by atoms with van der Waals surface area (Å²) in [6.45, 7) is 1.86. The minimum Gasteiger partial charge on any atom is -0.464 e. The SMILES string of the molecule is N#Cc1cccc2occ(C3=CCCNC3)c12. The van der Waals surface area contributed by atoms with Crippen molar-refractivity contribution in [2.45, 2.75) is 6.42 Å². The molecule has 0 unspecified atom stereocenters. The largest absolute Gasteiger partial charge is 0.464 e. The van der Waals surface area contributed by atoms with Gasteiger partial charge in [0.05, 0.1) is 17.9 Å². The van der Waals surface area contributed by atoms with Crippen LogP contribution in [0.3, 0.4) is 0 Å². The summed E-state index contributed by atoms with van der Waals surface area (Å²) in [6, 6.07) is 7.81. The number of benzene rings is 1. The van der Waals surface area contributed by atoms with Crippen LogP contribution in [0.15, 0.2) is 35.0 Å². The standard InChI is InChI=1S/C14H12N2O/c15-7-10-3-1-5-13-14(10)12(9-17-13)11-4-2-6-16-8-11/h1,3-5,9,16H,2,6,8H2. The third-order valence-corrected chi connectivity index (χ3v) is 3.09. The lowest BCUT2D eigenvalue weighted by molar-refractivity contribution is 0.614. The molecule has 0 saturated heterocycles. The molecule has 2 heterocycles. The van der Waals surface area contributed by atoms with Crippen LogP contribution >= 0.6 is 0 Å². The summed E-state index contributed by atoms with van der Waals surface area (Å²) in [5.74, 6) is 0. The highest BCUT2D eigenvalue weighted by Crippen LogP contribution is 2.30. The predicted octanol–water partition coefficient (Wildman–Crippen LogP) is 2.68. The van der Waals surface area contributed by atoms with Gasteiger partial charge in [0.25, 0.3) is 0 Å². The van der Waals surface area contributed by atoms with E-state index in [1.54, 1.807) is 6.26 Å². The molecule has 1 aromatic heterocycles. The number of nitriles is 1. The fraction of sp³-hybridized carbons (Fsp3) is 0.214. The minimum absolute atomic E-state index is 0.678. The van der Waals surface area contributed by atoms with E-state index in [2.05, 4.69) is 17.5 Å². The van der Waals surface area contributed by atoms with Crippen LogP contribution < -0.4 is 5.32 Å². The monoisotopic (exact) mass is 224 g/mol. The first-order valence-electron chi connectivity index (χ1n) is 5.70. The Bertz CT molecular complexity index is 631. The normalized spacial score (nSPS) is 15.6. The van der Waals surface area contributed by atoms with Crippen LogP contribution in [0, 0.1) is 11.3 Å². The molecule has 17 heavy (non-hydrogen) atoms. The smallest absolute Gasteiger partial charge is 0.135 e. The zero-order valence-corrected chi connectivity index (χ0v) is 9.36. The number of rotatable bonds is 1. The second-order valence-corrected chi connectivity index (χ2v) is 4.13. The molecule has 0 aliphatic carbocycles. The molecule has 0 spiro atoms. The number of furan rings is 1. The fourth-order valence-electron chi connectivity index (χ4n) is 2.27. The van der Waals surface area contributed by atoms with Crippen molar-refractivity contribution in [1.29, 1.82) is 5.26 Å². The van der Waals surface area contributed by atoms with Gasteiger partial charge >= 0.3 is 0 Å². The third kappa shape index (κ3) is 1.63. The van der Waals surface area contributed by atoms with Crippen LogP contribution in [0.4, 0.5) is 0 Å². The zero-order valence-electron chi connectivity index (χ0n) is 9.36. The molecule has 3 nitrogen and oxygen atoms in total. The van der Waals surface area contributed by atoms with E-state index in [0.29, 0.717) is 5.56 Å². The Hall–Kier alpha value is -2.05. The molecule has 2 aromatic rings. The van der Waals surface area contributed by atoms with E-state index in [-0.39, 0.29) is 0 Å². The van der Waals surface area contributed by atoms with E-state index >= 15 is 0 Å². The second kappa shape index (κ2) is 4.08. The predicted molar refractivity (Wildman–Crippen MR) is 66.4 cm³/mol. The zero-order chi connectivity index (χ0) is 11.7. The van der Waals surface area contributed by atoms with Crippen molar-refractivity contribution in [1.82, 2.24) is 5.32 Å². The Morgan fingerprint density at radius 3 is 3.06 bits per heavy atom. The van der Waals surface area contributed by atoms with Gasteiger partial charge in [-0.1, -0.05) is 12.1 Å². The summed E-state index contributed by atoms with van der Waals surface area (Å²) in [5, 5.41) is 13.4. The van der Waals surface area contributed by atoms with Crippen molar-refractivity contribution >= 4 is 16.5 Å². The maximum atomic E-state index is 9.15. The van der Waals surface area contributed by atoms with Gasteiger partial charge in [-0.25, -0.2) is 0 Å². The number of hydrogen-bond donors (Lipinski definition) is 1. The molecule has 84 valence electrons. The van der Waals surface area contributed by atoms with Crippen LogP contribution in [0.1, 0.15) is 17.5 Å². The number of hydrogen-bond acceptors (Lipinski definition) is 3. The van der Waals surface area contributed by atoms with Gasteiger partial charge in [0.2, 0.25) is 0 Å². The van der Waals surface area contributed by atoms with Gasteiger partial charge in [-0.15, -0.1) is 0 Å². The molecular formula is C14H12N2O. The maximum Gasteiger partial charge on any atom is 0.135 e. The van der Waals surface area contributed by atoms with E-state index < -0.39 is 0 Å². The number of fused-ring (bicyclic) bond motifs is 1. The molecule has 0 amide bonds. The molecule has 3 rings (SSSR count). The topological polar surface area (TPSA) is 49.0 Å². The number of nitrogens with one attached hydrogen (secondary N) is 1. The van der Waals surface area contributed by atoms with Gasteiger partial charge in [-0.05, 0) is 30.7 Å². The van der Waals surface area contributed by atoms with Gasteiger partial charge in [-0.3, -0.25) is 0 Å². The van der Waals surface area contributed by atoms with Crippen LogP contribution in [-0.2, 0) is 0 Å². The molecule has 1 N–H and O–H groups in total. The molecule has 1 aromatic carbocycles. The van der Waals surface area contributed by atoms with Crippen molar-refractivity contribution in [3.8, 4) is 6.07 Å². The lowest BCUT2D eigenvalue weighted by Crippen LogP contribution is -2.21. The molecule has 1 aliphatic heterocycles. The summed E-state index contributed by atoms with van der Waals surface area (Å²) in [7, 11) is 0. The molecule has 0 fully saturated rings. The summed E-state index contributed by atoms with van der Waals surface area (Å²) < 4.78 is 5.53. The third-order valence-electron chi connectivity index (χ3n) is 3.09. The lowest BCUT2D eigenvalue weighted by atomic mass is 9.99. The first kappa shape index (κ1) is 10.1. The van der Waals surface area contributed by atoms with Crippen LogP contribution in [0.5, 0.6) is 0 Å². The van der Waals surface area contributed by atoms with Crippen molar-refractivity contribution in [2.24, 2.45) is 0 Å². The maximum absolute atomic E-state index is 9.15. The molecule has 0 bridgehead atoms. The Morgan fingerprint density at radius 2 is 2.29 bits per heavy atom. The van der Waals surface area contributed by atoms with Crippen LogP contribution in [0.25, 0.3) is 16.5 Å². The molecule has 0 radical (unpaired) electrons. The molecular weight excluding hydrogens is 212 g/mol. The van der Waals surface area contributed by atoms with E-state index in [1.807, 2.05) is 18.2 Å². The van der Waals surface area contributed by atoms with Gasteiger partial charge in [0.15, 0.2) is 0 Å². The fourth-order valence-corrected chi connectivity index (χ4v) is 2.27. The molecule has 1 aliphatic rings. The summed E-state index contributed by atoms with van der Waals surface area (Å²) in [4.78, 5) is 0. The Labute approximate surface area is 99.3 Å². The first-order chi connectivity index (χ1) is 8.40. The van der Waals surface area contributed by atoms with Crippen LogP contribution in [-0.4, -0.2) is 13.1 Å². The Balaban J connectivity index is 2.24. The highest BCUT2D eigenvalue weighted by Gasteiger charge is 2.14. The Kier molecular flexibility index (Phi) is 2.43. The summed E-state index contributed by atoms with van der Waals surface area (Å²) in [6.07, 6.45) is 5.00. The number of nitrogens with zero attached hydrogens (tertiary/aromatic N) is 1. The molecule has 3 heteroatoms. The van der Waals surface area contributed by atoms with Crippen molar-refractivity contribution in [2.75, 3.05) is 13.1 Å². The van der Waals surface area contributed by atoms with E-state index in [1.165, 1.54) is 5.57 Å². The minimum atomic E-state index is 0.678. The quantitative estimate of drug-likeness (QED) is 0.810. The summed E-state index contributed by atoms with van der Waals surface area (Å²) in [5.41, 5.74) is 3.73. The highest BCUT2D eigenvalue weighted by molar-refractivity contribution is 5.95. The van der Waals surface area contributed by atoms with Crippen molar-refractivity contribution < 1.29 is 4.42 Å². The average Bonchev–Trinajstić information content (AvgIpc) is 2.83. The van der Waals surface area contributed by atoms with Gasteiger partial charge in [0, 0.05) is 17.5 Å². The average molecular weight is 224 g/mol. The first-order valence-corrected chi connectivity index (χ1v) is 5.70. The highest BCUT2D eigenvalue weighted by atomic mass is 16.3.